The van der Waals surface area contributed by atoms with E-state index in [2.05, 4.69) is 37.3 Å². The van der Waals surface area contributed by atoms with Gasteiger partial charge in [-0.2, -0.15) is 0 Å². The second-order valence-electron chi connectivity index (χ2n) is 7.05. The van der Waals surface area contributed by atoms with Crippen LogP contribution in [0.5, 0.6) is 5.75 Å². The van der Waals surface area contributed by atoms with Gasteiger partial charge in [-0.3, -0.25) is 0 Å². The average Bonchev–Trinajstić information content (AvgIpc) is 2.62. The largest absolute Gasteiger partial charge is 0.465 e. The molecule has 0 heterocycles. The van der Waals surface area contributed by atoms with Gasteiger partial charge in [0.25, 0.3) is 0 Å². The lowest BCUT2D eigenvalue weighted by Gasteiger charge is -2.22. The predicted molar refractivity (Wildman–Crippen MR) is 101 cm³/mol. The highest BCUT2D eigenvalue weighted by molar-refractivity contribution is 5.84. The van der Waals surface area contributed by atoms with E-state index in [4.69, 9.17) is 9.47 Å². The highest BCUT2D eigenvalue weighted by Crippen LogP contribution is 2.27. The van der Waals surface area contributed by atoms with Crippen LogP contribution < -0.4 is 4.74 Å². The monoisotopic (exact) mass is 326 g/mol. The summed E-state index contributed by atoms with van der Waals surface area (Å²) in [4.78, 5) is 0. The summed E-state index contributed by atoms with van der Waals surface area (Å²) in [6, 6.07) is 12.9. The predicted octanol–water partition coefficient (Wildman–Crippen LogP) is 6.11. The molecule has 3 rings (SSSR count). The normalized spacial score (nSPS) is 17.1. The maximum atomic E-state index is 5.95. The number of hydrogen-bond donors (Lipinski definition) is 0. The molecule has 24 heavy (non-hydrogen) atoms. The first kappa shape index (κ1) is 17.3. The van der Waals surface area contributed by atoms with E-state index in [0.29, 0.717) is 0 Å². The van der Waals surface area contributed by atoms with Crippen LogP contribution in [-0.4, -0.2) is 12.9 Å². The minimum Gasteiger partial charge on any atom is -0.465 e. The van der Waals surface area contributed by atoms with Gasteiger partial charge >= 0.3 is 0 Å². The van der Waals surface area contributed by atoms with Crippen LogP contribution in [0.2, 0.25) is 0 Å². The molecule has 130 valence electrons. The van der Waals surface area contributed by atoms with Crippen LogP contribution in [0.25, 0.3) is 10.8 Å². The van der Waals surface area contributed by atoms with Crippen molar-refractivity contribution in [3.63, 3.8) is 0 Å². The van der Waals surface area contributed by atoms with E-state index in [0.717, 1.165) is 24.7 Å². The summed E-state index contributed by atoms with van der Waals surface area (Å²) in [5.74, 6) is 1.75. The summed E-state index contributed by atoms with van der Waals surface area (Å²) in [7, 11) is 0. The van der Waals surface area contributed by atoms with Gasteiger partial charge in [-0.15, -0.1) is 0 Å². The Morgan fingerprint density at radius 2 is 1.75 bits per heavy atom. The number of aryl methyl sites for hydroxylation is 1. The molecule has 1 aliphatic carbocycles. The van der Waals surface area contributed by atoms with Crippen molar-refractivity contribution >= 4 is 10.8 Å². The van der Waals surface area contributed by atoms with Crippen LogP contribution >= 0.6 is 0 Å². The number of ether oxygens (including phenoxy) is 2. The van der Waals surface area contributed by atoms with Gasteiger partial charge in [-0.1, -0.05) is 63.3 Å². The van der Waals surface area contributed by atoms with Gasteiger partial charge < -0.3 is 9.47 Å². The summed E-state index contributed by atoms with van der Waals surface area (Å²) in [6.45, 7) is 4.98. The third-order valence-electron chi connectivity index (χ3n) is 5.19. The van der Waals surface area contributed by atoms with E-state index >= 15 is 0 Å². The average molecular weight is 326 g/mol. The summed E-state index contributed by atoms with van der Waals surface area (Å²) in [5, 5.41) is 2.49. The van der Waals surface area contributed by atoms with Crippen molar-refractivity contribution in [2.24, 2.45) is 5.92 Å². The van der Waals surface area contributed by atoms with E-state index in [1.165, 1.54) is 54.9 Å². The van der Waals surface area contributed by atoms with E-state index in [-0.39, 0.29) is 6.29 Å². The van der Waals surface area contributed by atoms with Crippen molar-refractivity contribution < 1.29 is 9.47 Å². The molecular formula is C22H30O2. The lowest BCUT2D eigenvalue weighted by atomic mass is 9.87. The van der Waals surface area contributed by atoms with E-state index in [9.17, 15) is 0 Å². The molecule has 1 aliphatic rings. The molecule has 1 unspecified atom stereocenters. The van der Waals surface area contributed by atoms with E-state index < -0.39 is 0 Å². The highest BCUT2D eigenvalue weighted by Gasteiger charge is 2.14. The molecular weight excluding hydrogens is 296 g/mol. The SMILES string of the molecule is CCc1ccc2cc(OC(C)OCCC3CCCCC3)ccc2c1. The molecule has 2 nitrogen and oxygen atoms in total. The van der Waals surface area contributed by atoms with Crippen molar-refractivity contribution in [3.05, 3.63) is 42.0 Å². The first-order valence-corrected chi connectivity index (χ1v) is 9.55. The van der Waals surface area contributed by atoms with Crippen LogP contribution in [0.4, 0.5) is 0 Å². The molecule has 1 fully saturated rings. The van der Waals surface area contributed by atoms with E-state index in [1.54, 1.807) is 0 Å². The van der Waals surface area contributed by atoms with Gasteiger partial charge in [0.2, 0.25) is 0 Å². The fourth-order valence-electron chi connectivity index (χ4n) is 3.67. The van der Waals surface area contributed by atoms with Gasteiger partial charge in [-0.25, -0.2) is 0 Å². The molecule has 2 aromatic carbocycles. The van der Waals surface area contributed by atoms with Gasteiger partial charge in [0, 0.05) is 0 Å². The Hall–Kier alpha value is -1.54. The number of hydrogen-bond acceptors (Lipinski definition) is 2. The molecule has 0 N–H and O–H groups in total. The third kappa shape index (κ3) is 4.73. The first-order valence-electron chi connectivity index (χ1n) is 9.55. The van der Waals surface area contributed by atoms with Crippen molar-refractivity contribution in [2.75, 3.05) is 6.61 Å². The second-order valence-corrected chi connectivity index (χ2v) is 7.05. The Bertz CT molecular complexity index is 643. The zero-order valence-corrected chi connectivity index (χ0v) is 15.1. The summed E-state index contributed by atoms with van der Waals surface area (Å²) in [5.41, 5.74) is 1.37. The number of benzene rings is 2. The molecule has 0 bridgehead atoms. The Balaban J connectivity index is 1.50. The smallest absolute Gasteiger partial charge is 0.196 e. The number of fused-ring (bicyclic) bond motifs is 1. The molecule has 0 aromatic heterocycles. The zero-order chi connectivity index (χ0) is 16.8. The van der Waals surface area contributed by atoms with Crippen LogP contribution in [0.3, 0.4) is 0 Å². The maximum Gasteiger partial charge on any atom is 0.196 e. The Morgan fingerprint density at radius 1 is 1.00 bits per heavy atom. The van der Waals surface area contributed by atoms with Crippen LogP contribution in [0.1, 0.15) is 57.9 Å². The summed E-state index contributed by atoms with van der Waals surface area (Å²) >= 11 is 0. The first-order chi connectivity index (χ1) is 11.7. The summed E-state index contributed by atoms with van der Waals surface area (Å²) < 4.78 is 11.8. The van der Waals surface area contributed by atoms with Gasteiger partial charge in [0.1, 0.15) is 5.75 Å². The fraction of sp³-hybridized carbons (Fsp3) is 0.545. The zero-order valence-electron chi connectivity index (χ0n) is 15.1. The van der Waals surface area contributed by atoms with E-state index in [1.807, 2.05) is 13.0 Å². The standard InChI is InChI=1S/C22H30O2/c1-3-18-9-10-21-16-22(12-11-20(21)15-18)24-17(2)23-14-13-19-7-5-4-6-8-19/h9-12,15-17,19H,3-8,13-14H2,1-2H3. The number of rotatable bonds is 7. The van der Waals surface area contributed by atoms with Crippen molar-refractivity contribution in [1.82, 2.24) is 0 Å². The highest BCUT2D eigenvalue weighted by atomic mass is 16.7. The maximum absolute atomic E-state index is 5.95. The fourth-order valence-corrected chi connectivity index (χ4v) is 3.67. The minimum absolute atomic E-state index is 0.194. The molecule has 1 atom stereocenters. The third-order valence-corrected chi connectivity index (χ3v) is 5.19. The van der Waals surface area contributed by atoms with Gasteiger partial charge in [0.05, 0.1) is 6.61 Å². The quantitative estimate of drug-likeness (QED) is 0.571. The van der Waals surface area contributed by atoms with Crippen LogP contribution in [0.15, 0.2) is 36.4 Å². The van der Waals surface area contributed by atoms with Crippen LogP contribution in [-0.2, 0) is 11.2 Å². The molecule has 1 saturated carbocycles. The Morgan fingerprint density at radius 3 is 2.54 bits per heavy atom. The molecule has 0 radical (unpaired) electrons. The van der Waals surface area contributed by atoms with Crippen molar-refractivity contribution in [1.29, 1.82) is 0 Å². The van der Waals surface area contributed by atoms with Gasteiger partial charge in [0.15, 0.2) is 6.29 Å². The lowest BCUT2D eigenvalue weighted by molar-refractivity contribution is -0.0710. The lowest BCUT2D eigenvalue weighted by Crippen LogP contribution is -2.19. The molecule has 0 aliphatic heterocycles. The second kappa shape index (κ2) is 8.53. The van der Waals surface area contributed by atoms with Gasteiger partial charge in [-0.05, 0) is 54.2 Å². The molecule has 0 spiro atoms. The van der Waals surface area contributed by atoms with Crippen molar-refractivity contribution in [3.8, 4) is 5.75 Å². The Labute approximate surface area is 146 Å². The summed E-state index contributed by atoms with van der Waals surface area (Å²) in [6.07, 6.45) is 9.01. The van der Waals surface area contributed by atoms with Crippen molar-refractivity contribution in [2.45, 2.75) is 65.1 Å². The van der Waals surface area contributed by atoms with Crippen LogP contribution in [0, 0.1) is 5.92 Å². The minimum atomic E-state index is -0.194. The molecule has 2 aromatic rings. The topological polar surface area (TPSA) is 18.5 Å². The molecule has 0 amide bonds. The molecule has 2 heteroatoms. The Kier molecular flexibility index (Phi) is 6.14. The molecule has 0 saturated heterocycles.